The Morgan fingerprint density at radius 3 is 0.880 bits per heavy atom. The summed E-state index contributed by atoms with van der Waals surface area (Å²) in [6.07, 6.45) is 75.7. The Morgan fingerprint density at radius 1 is 0.290 bits per heavy atom. The number of aliphatic hydroxyl groups is 1. The van der Waals surface area contributed by atoms with E-state index in [0.717, 1.165) is 128 Å². The van der Waals surface area contributed by atoms with Gasteiger partial charge >= 0.3 is 39.5 Å². The lowest BCUT2D eigenvalue weighted by molar-refractivity contribution is -0.161. The van der Waals surface area contributed by atoms with Crippen LogP contribution in [0.5, 0.6) is 0 Å². The van der Waals surface area contributed by atoms with Crippen LogP contribution in [-0.4, -0.2) is 96.7 Å². The maximum absolute atomic E-state index is 13.1. The number of hydrogen-bond donors (Lipinski definition) is 3. The van der Waals surface area contributed by atoms with Crippen molar-refractivity contribution >= 4 is 39.5 Å². The first-order chi connectivity index (χ1) is 48.7. The predicted molar refractivity (Wildman–Crippen MR) is 409 cm³/mol. The van der Waals surface area contributed by atoms with Crippen molar-refractivity contribution in [1.82, 2.24) is 0 Å². The second-order valence-corrected chi connectivity index (χ2v) is 29.5. The van der Waals surface area contributed by atoms with Gasteiger partial charge in [-0.1, -0.05) is 318 Å². The molecule has 0 saturated carbocycles. The van der Waals surface area contributed by atoms with Gasteiger partial charge in [-0.15, -0.1) is 0 Å². The van der Waals surface area contributed by atoms with Crippen LogP contribution in [0.1, 0.15) is 349 Å². The zero-order valence-corrected chi connectivity index (χ0v) is 65.2. The van der Waals surface area contributed by atoms with Crippen LogP contribution < -0.4 is 0 Å². The SMILES string of the molecule is CC/C=C\C/C=C\C/C=C\C/C=C\C/C=C\CCCC(=O)OCC(COP(=O)(O)OCC(O)COP(=O)(O)OCC(COC(=O)CCCCCCCCCCCCCCCCC)OC(=O)CCCCCCC/C=C\C/C=C\CCC)OC(=O)CCCCCCCCCCCCCCCCC. The Balaban J connectivity index is 5.37. The van der Waals surface area contributed by atoms with Gasteiger partial charge in [0.2, 0.25) is 0 Å². The van der Waals surface area contributed by atoms with Gasteiger partial charge in [0.1, 0.15) is 19.3 Å². The average molecular weight is 1450 g/mol. The predicted octanol–water partition coefficient (Wildman–Crippen LogP) is 23.0. The summed E-state index contributed by atoms with van der Waals surface area (Å²) >= 11 is 0. The number of esters is 4. The first kappa shape index (κ1) is 96.2. The molecule has 0 rings (SSSR count). The van der Waals surface area contributed by atoms with Gasteiger partial charge in [0.25, 0.3) is 0 Å². The number of unbranched alkanes of at least 4 members (excludes halogenated alkanes) is 35. The summed E-state index contributed by atoms with van der Waals surface area (Å²) in [5.41, 5.74) is 0. The van der Waals surface area contributed by atoms with Gasteiger partial charge in [0.15, 0.2) is 12.2 Å². The summed E-state index contributed by atoms with van der Waals surface area (Å²) in [7, 11) is -9.96. The van der Waals surface area contributed by atoms with Crippen LogP contribution in [0.25, 0.3) is 0 Å². The highest BCUT2D eigenvalue weighted by molar-refractivity contribution is 7.47. The van der Waals surface area contributed by atoms with Crippen LogP contribution in [0.2, 0.25) is 0 Å². The molecule has 0 saturated heterocycles. The Hall–Kier alpha value is -3.76. The highest BCUT2D eigenvalue weighted by atomic mass is 31.2. The monoisotopic (exact) mass is 1450 g/mol. The zero-order chi connectivity index (χ0) is 73.2. The molecule has 0 aliphatic heterocycles. The van der Waals surface area contributed by atoms with Crippen LogP contribution in [0.4, 0.5) is 0 Å². The van der Waals surface area contributed by atoms with E-state index >= 15 is 0 Å². The summed E-state index contributed by atoms with van der Waals surface area (Å²) in [5, 5.41) is 10.6. The van der Waals surface area contributed by atoms with Gasteiger partial charge in [0, 0.05) is 25.7 Å². The van der Waals surface area contributed by atoms with Crippen molar-refractivity contribution in [1.29, 1.82) is 0 Å². The minimum Gasteiger partial charge on any atom is -0.462 e. The average Bonchev–Trinajstić information content (AvgIpc) is 1.06. The van der Waals surface area contributed by atoms with E-state index in [1.54, 1.807) is 0 Å². The lowest BCUT2D eigenvalue weighted by Gasteiger charge is -2.21. The third-order valence-electron chi connectivity index (χ3n) is 16.9. The summed E-state index contributed by atoms with van der Waals surface area (Å²) in [6, 6.07) is 0. The molecule has 3 N–H and O–H groups in total. The molecular formula is C81H144O17P2. The van der Waals surface area contributed by atoms with E-state index in [0.29, 0.717) is 32.1 Å². The van der Waals surface area contributed by atoms with Crippen LogP contribution in [0.3, 0.4) is 0 Å². The molecule has 0 aliphatic rings. The van der Waals surface area contributed by atoms with E-state index in [1.807, 2.05) is 12.2 Å². The van der Waals surface area contributed by atoms with Crippen molar-refractivity contribution < 1.29 is 80.2 Å². The summed E-state index contributed by atoms with van der Waals surface area (Å²) < 4.78 is 68.5. The van der Waals surface area contributed by atoms with Crippen LogP contribution >= 0.6 is 15.6 Å². The lowest BCUT2D eigenvalue weighted by Crippen LogP contribution is -2.30. The fourth-order valence-corrected chi connectivity index (χ4v) is 12.4. The molecule has 17 nitrogen and oxygen atoms in total. The molecule has 0 aromatic heterocycles. The van der Waals surface area contributed by atoms with Crippen molar-refractivity contribution in [3.05, 3.63) is 85.1 Å². The van der Waals surface area contributed by atoms with E-state index in [1.165, 1.54) is 135 Å². The smallest absolute Gasteiger partial charge is 0.462 e. The molecule has 0 aromatic carbocycles. The molecule has 0 fully saturated rings. The normalized spacial score (nSPS) is 14.3. The van der Waals surface area contributed by atoms with E-state index in [2.05, 4.69) is 101 Å². The molecule has 5 atom stereocenters. The Bertz CT molecular complexity index is 2230. The van der Waals surface area contributed by atoms with Crippen LogP contribution in [-0.2, 0) is 65.4 Å². The zero-order valence-electron chi connectivity index (χ0n) is 63.4. The fourth-order valence-electron chi connectivity index (χ4n) is 10.8. The largest absolute Gasteiger partial charge is 0.472 e. The van der Waals surface area contributed by atoms with Gasteiger partial charge in [0.05, 0.1) is 26.4 Å². The third-order valence-corrected chi connectivity index (χ3v) is 18.8. The first-order valence-corrected chi connectivity index (χ1v) is 42.8. The van der Waals surface area contributed by atoms with E-state index in [-0.39, 0.29) is 25.7 Å². The van der Waals surface area contributed by atoms with Crippen molar-refractivity contribution in [3.8, 4) is 0 Å². The minimum atomic E-state index is -4.98. The highest BCUT2D eigenvalue weighted by Crippen LogP contribution is 2.45. The number of carbonyl (C=O) groups excluding carboxylic acids is 4. The number of carbonyl (C=O) groups is 4. The molecule has 0 radical (unpaired) electrons. The van der Waals surface area contributed by atoms with Crippen molar-refractivity contribution in [2.45, 2.75) is 367 Å². The molecule has 100 heavy (non-hydrogen) atoms. The van der Waals surface area contributed by atoms with Gasteiger partial charge in [-0.25, -0.2) is 9.13 Å². The second kappa shape index (κ2) is 73.5. The quantitative estimate of drug-likeness (QED) is 0.0169. The van der Waals surface area contributed by atoms with Crippen molar-refractivity contribution in [3.63, 3.8) is 0 Å². The Kier molecular flexibility index (Phi) is 70.8. The number of phosphoric acid groups is 2. The first-order valence-electron chi connectivity index (χ1n) is 39.8. The van der Waals surface area contributed by atoms with Crippen LogP contribution in [0.15, 0.2) is 85.1 Å². The fraction of sp³-hybridized carbons (Fsp3) is 0.778. The number of ether oxygens (including phenoxy) is 4. The molecular weight excluding hydrogens is 1310 g/mol. The number of hydrogen-bond acceptors (Lipinski definition) is 15. The molecule has 580 valence electrons. The van der Waals surface area contributed by atoms with Crippen molar-refractivity contribution in [2.24, 2.45) is 0 Å². The summed E-state index contributed by atoms with van der Waals surface area (Å²) in [6.45, 7) is 4.68. The highest BCUT2D eigenvalue weighted by Gasteiger charge is 2.30. The van der Waals surface area contributed by atoms with E-state index in [9.17, 15) is 43.2 Å². The molecule has 0 aliphatic carbocycles. The van der Waals surface area contributed by atoms with Crippen molar-refractivity contribution in [2.75, 3.05) is 39.6 Å². The number of allylic oxidation sites excluding steroid dienone is 14. The minimum absolute atomic E-state index is 0.0811. The molecule has 0 heterocycles. The van der Waals surface area contributed by atoms with Gasteiger partial charge in [-0.3, -0.25) is 37.3 Å². The Labute approximate surface area is 608 Å². The molecule has 5 unspecified atom stereocenters. The molecule has 0 aromatic rings. The summed E-state index contributed by atoms with van der Waals surface area (Å²) in [5.74, 6) is -2.23. The second-order valence-electron chi connectivity index (χ2n) is 26.6. The number of phosphoric ester groups is 2. The number of rotatable bonds is 75. The third kappa shape index (κ3) is 72.6. The molecule has 19 heteroatoms. The maximum Gasteiger partial charge on any atom is 0.472 e. The lowest BCUT2D eigenvalue weighted by atomic mass is 10.0. The van der Waals surface area contributed by atoms with Crippen LogP contribution in [0, 0.1) is 0 Å². The van der Waals surface area contributed by atoms with Gasteiger partial charge in [-0.05, 0) is 89.9 Å². The standard InChI is InChI=1S/C81H144O17P2/c1-5-9-13-17-21-25-29-33-36-37-40-43-46-50-54-58-62-66-79(84)92-72-77(98-81(86)68-64-60-56-52-48-44-39-35-31-27-23-19-15-11-7-3)74-96-100(89,90)94-70-75(82)69-93-99(87,88)95-73-76(97-80(85)67-63-59-55-51-47-41-32-28-24-20-16-12-8-4)71-91-78(83)65-61-57-53-49-45-42-38-34-30-26-22-18-14-10-6-2/h9,13,16,20-21,25,28,32-33,36,40,43,50,54,75-77,82H,5-8,10-12,14-15,17-19,22-24,26-27,29-31,34-35,37-39,41-42,44-49,51-53,55-74H2,1-4H3,(H,87,88)(H,89,90)/b13-9-,20-16-,25-21-,32-28-,36-33-,43-40-,54-50-. The van der Waals surface area contributed by atoms with E-state index in [4.69, 9.17) is 37.0 Å². The summed E-state index contributed by atoms with van der Waals surface area (Å²) in [4.78, 5) is 72.9. The van der Waals surface area contributed by atoms with E-state index < -0.39 is 97.5 Å². The molecule has 0 spiro atoms. The molecule has 0 bridgehead atoms. The Morgan fingerprint density at radius 2 is 0.550 bits per heavy atom. The maximum atomic E-state index is 13.1. The topological polar surface area (TPSA) is 237 Å². The van der Waals surface area contributed by atoms with Gasteiger partial charge < -0.3 is 33.8 Å². The van der Waals surface area contributed by atoms with Gasteiger partial charge in [-0.2, -0.15) is 0 Å². The number of aliphatic hydroxyl groups excluding tert-OH is 1. The molecule has 0 amide bonds.